The SMILES string of the molecule is CCN(CC)CCNS(=O)(=O)c1c(Br)cc(N)cc1Br. The average Bonchev–Trinajstić information content (AvgIpc) is 2.32. The Bertz CT molecular complexity index is 537. The third-order valence-corrected chi connectivity index (χ3v) is 6.24. The number of halogens is 2. The maximum Gasteiger partial charge on any atom is 0.242 e. The van der Waals surface area contributed by atoms with Crippen LogP contribution >= 0.6 is 31.9 Å². The molecule has 8 heteroatoms. The summed E-state index contributed by atoms with van der Waals surface area (Å²) in [5.41, 5.74) is 6.16. The van der Waals surface area contributed by atoms with E-state index in [2.05, 4.69) is 41.5 Å². The summed E-state index contributed by atoms with van der Waals surface area (Å²) in [7, 11) is -3.58. The van der Waals surface area contributed by atoms with E-state index in [9.17, 15) is 8.42 Å². The van der Waals surface area contributed by atoms with Gasteiger partial charge in [-0.3, -0.25) is 0 Å². The van der Waals surface area contributed by atoms with Gasteiger partial charge in [-0.05, 0) is 57.1 Å². The number of nitrogens with one attached hydrogen (secondary N) is 1. The predicted molar refractivity (Wildman–Crippen MR) is 89.2 cm³/mol. The van der Waals surface area contributed by atoms with E-state index in [0.717, 1.165) is 13.1 Å². The Labute approximate surface area is 137 Å². The molecule has 0 amide bonds. The molecule has 0 unspecified atom stereocenters. The van der Waals surface area contributed by atoms with Crippen LogP contribution in [0.5, 0.6) is 0 Å². The molecule has 5 nitrogen and oxygen atoms in total. The van der Waals surface area contributed by atoms with Crippen LogP contribution in [0.3, 0.4) is 0 Å². The molecule has 0 radical (unpaired) electrons. The van der Waals surface area contributed by atoms with E-state index in [1.165, 1.54) is 0 Å². The van der Waals surface area contributed by atoms with Gasteiger partial charge >= 0.3 is 0 Å². The van der Waals surface area contributed by atoms with E-state index < -0.39 is 10.0 Å². The van der Waals surface area contributed by atoms with Crippen molar-refractivity contribution in [1.29, 1.82) is 0 Å². The Morgan fingerprint density at radius 2 is 1.70 bits per heavy atom. The van der Waals surface area contributed by atoms with E-state index >= 15 is 0 Å². The van der Waals surface area contributed by atoms with Gasteiger partial charge in [-0.1, -0.05) is 13.8 Å². The van der Waals surface area contributed by atoms with Crippen LogP contribution in [-0.2, 0) is 10.0 Å². The Morgan fingerprint density at radius 1 is 1.20 bits per heavy atom. The molecule has 0 aromatic heterocycles. The highest BCUT2D eigenvalue weighted by Crippen LogP contribution is 2.32. The van der Waals surface area contributed by atoms with Gasteiger partial charge in [0, 0.05) is 27.7 Å². The zero-order valence-electron chi connectivity index (χ0n) is 11.5. The standard InChI is InChI=1S/C12H19Br2N3O2S/c1-3-17(4-2)6-5-16-20(18,19)12-10(13)7-9(15)8-11(12)14/h7-8,16H,3-6,15H2,1-2H3. The summed E-state index contributed by atoms with van der Waals surface area (Å²) in [6.45, 7) is 6.93. The molecule has 0 aliphatic heterocycles. The maximum absolute atomic E-state index is 12.3. The number of anilines is 1. The fraction of sp³-hybridized carbons (Fsp3) is 0.500. The lowest BCUT2D eigenvalue weighted by molar-refractivity contribution is 0.309. The molecular weight excluding hydrogens is 410 g/mol. The number of sulfonamides is 1. The quantitative estimate of drug-likeness (QED) is 0.654. The molecule has 0 aliphatic rings. The minimum absolute atomic E-state index is 0.172. The summed E-state index contributed by atoms with van der Waals surface area (Å²) >= 11 is 6.48. The molecule has 0 saturated carbocycles. The zero-order valence-corrected chi connectivity index (χ0v) is 15.5. The van der Waals surface area contributed by atoms with E-state index in [1.54, 1.807) is 12.1 Å². The van der Waals surface area contributed by atoms with Gasteiger partial charge < -0.3 is 10.6 Å². The van der Waals surface area contributed by atoms with E-state index in [1.807, 2.05) is 13.8 Å². The first-order valence-electron chi connectivity index (χ1n) is 6.28. The summed E-state index contributed by atoms with van der Waals surface area (Å²) < 4.78 is 28.1. The van der Waals surface area contributed by atoms with E-state index in [-0.39, 0.29) is 4.90 Å². The summed E-state index contributed by atoms with van der Waals surface area (Å²) in [4.78, 5) is 2.32. The van der Waals surface area contributed by atoms with Crippen molar-refractivity contribution < 1.29 is 8.42 Å². The van der Waals surface area contributed by atoms with Crippen LogP contribution in [0.1, 0.15) is 13.8 Å². The number of hydrogen-bond donors (Lipinski definition) is 2. The fourth-order valence-electron chi connectivity index (χ4n) is 1.79. The number of rotatable bonds is 7. The lowest BCUT2D eigenvalue weighted by atomic mass is 10.3. The molecule has 0 atom stereocenters. The zero-order chi connectivity index (χ0) is 15.3. The predicted octanol–water partition coefficient (Wildman–Crippen LogP) is 2.41. The van der Waals surface area contributed by atoms with Crippen molar-refractivity contribution >= 4 is 47.6 Å². The number of nitrogens with zero attached hydrogens (tertiary/aromatic N) is 1. The van der Waals surface area contributed by atoms with Gasteiger partial charge in [0.25, 0.3) is 0 Å². The van der Waals surface area contributed by atoms with Crippen molar-refractivity contribution in [2.45, 2.75) is 18.7 Å². The summed E-state index contributed by atoms with van der Waals surface area (Å²) in [6.07, 6.45) is 0. The van der Waals surface area contributed by atoms with Gasteiger partial charge in [0.2, 0.25) is 10.0 Å². The first kappa shape index (κ1) is 17.9. The van der Waals surface area contributed by atoms with Gasteiger partial charge in [0.15, 0.2) is 0 Å². The molecule has 0 heterocycles. The number of likely N-dealkylation sites (N-methyl/N-ethyl adjacent to an activating group) is 1. The van der Waals surface area contributed by atoms with Crippen LogP contribution in [0, 0.1) is 0 Å². The molecule has 1 aromatic rings. The number of nitrogen functional groups attached to an aromatic ring is 1. The maximum atomic E-state index is 12.3. The normalized spacial score (nSPS) is 12.1. The third kappa shape index (κ3) is 4.70. The Morgan fingerprint density at radius 3 is 2.15 bits per heavy atom. The molecular formula is C12H19Br2N3O2S. The Balaban J connectivity index is 2.85. The summed E-state index contributed by atoms with van der Waals surface area (Å²) in [5.74, 6) is 0. The number of hydrogen-bond acceptors (Lipinski definition) is 4. The highest BCUT2D eigenvalue weighted by molar-refractivity contribution is 9.11. The summed E-state index contributed by atoms with van der Waals surface area (Å²) in [5, 5.41) is 0. The largest absolute Gasteiger partial charge is 0.399 e. The van der Waals surface area contributed by atoms with Gasteiger partial charge in [0.1, 0.15) is 4.90 Å². The molecule has 114 valence electrons. The van der Waals surface area contributed by atoms with Crippen LogP contribution in [0.15, 0.2) is 26.0 Å². The molecule has 0 spiro atoms. The van der Waals surface area contributed by atoms with Crippen LogP contribution in [0.4, 0.5) is 5.69 Å². The molecule has 3 N–H and O–H groups in total. The molecule has 0 aliphatic carbocycles. The monoisotopic (exact) mass is 427 g/mol. The minimum atomic E-state index is -3.58. The van der Waals surface area contributed by atoms with Gasteiger partial charge in [-0.25, -0.2) is 13.1 Å². The second-order valence-corrected chi connectivity index (χ2v) is 7.65. The molecule has 20 heavy (non-hydrogen) atoms. The van der Waals surface area contributed by atoms with Gasteiger partial charge in [0.05, 0.1) is 0 Å². The topological polar surface area (TPSA) is 75.4 Å². The summed E-state index contributed by atoms with van der Waals surface area (Å²) in [6, 6.07) is 3.15. The highest BCUT2D eigenvalue weighted by Gasteiger charge is 2.21. The molecule has 0 fully saturated rings. The number of benzene rings is 1. The first-order valence-corrected chi connectivity index (χ1v) is 9.35. The highest BCUT2D eigenvalue weighted by atomic mass is 79.9. The van der Waals surface area contributed by atoms with Crippen molar-refractivity contribution in [2.75, 3.05) is 31.9 Å². The molecule has 0 saturated heterocycles. The third-order valence-electron chi connectivity index (χ3n) is 2.90. The van der Waals surface area contributed by atoms with Gasteiger partial charge in [-0.2, -0.15) is 0 Å². The Kier molecular flexibility index (Phi) is 6.93. The second-order valence-electron chi connectivity index (χ2n) is 4.24. The van der Waals surface area contributed by atoms with E-state index in [4.69, 9.17) is 5.73 Å². The fourth-order valence-corrected chi connectivity index (χ4v) is 5.42. The molecule has 1 aromatic carbocycles. The van der Waals surface area contributed by atoms with E-state index in [0.29, 0.717) is 27.7 Å². The minimum Gasteiger partial charge on any atom is -0.399 e. The van der Waals surface area contributed by atoms with Crippen molar-refractivity contribution in [2.24, 2.45) is 0 Å². The van der Waals surface area contributed by atoms with Crippen molar-refractivity contribution in [3.05, 3.63) is 21.1 Å². The lowest BCUT2D eigenvalue weighted by Gasteiger charge is -2.18. The van der Waals surface area contributed by atoms with Crippen LogP contribution < -0.4 is 10.5 Å². The smallest absolute Gasteiger partial charge is 0.242 e. The lowest BCUT2D eigenvalue weighted by Crippen LogP contribution is -2.35. The van der Waals surface area contributed by atoms with Gasteiger partial charge in [-0.15, -0.1) is 0 Å². The molecule has 0 bridgehead atoms. The second kappa shape index (κ2) is 7.74. The van der Waals surface area contributed by atoms with Crippen molar-refractivity contribution in [1.82, 2.24) is 9.62 Å². The Hall–Kier alpha value is -0.150. The first-order chi connectivity index (χ1) is 9.31. The average molecular weight is 429 g/mol. The van der Waals surface area contributed by atoms with Crippen LogP contribution in [-0.4, -0.2) is 39.5 Å². The molecule has 1 rings (SSSR count). The van der Waals surface area contributed by atoms with Crippen molar-refractivity contribution in [3.8, 4) is 0 Å². The van der Waals surface area contributed by atoms with Crippen molar-refractivity contribution in [3.63, 3.8) is 0 Å². The van der Waals surface area contributed by atoms with Crippen LogP contribution in [0.25, 0.3) is 0 Å². The number of nitrogens with two attached hydrogens (primary N) is 1. The van der Waals surface area contributed by atoms with Crippen LogP contribution in [0.2, 0.25) is 0 Å².